The Hall–Kier alpha value is -2.14. The van der Waals surface area contributed by atoms with E-state index in [1.54, 1.807) is 12.1 Å². The standard InChI is InChI=1S/C19H24N2O3/c22-18-16-10-5-4-7-14(16)13-17(21-18)19(23)20-11-6-12-24-15-8-2-1-3-9-15/h4-5,7,10,13,15H,1-3,6,8-9,11-12H2,(H,20,23)(H,21,22). The van der Waals surface area contributed by atoms with Crippen LogP contribution in [0.1, 0.15) is 49.0 Å². The van der Waals surface area contributed by atoms with Gasteiger partial charge in [0.25, 0.3) is 11.5 Å². The van der Waals surface area contributed by atoms with Gasteiger partial charge in [-0.3, -0.25) is 9.59 Å². The summed E-state index contributed by atoms with van der Waals surface area (Å²) in [5, 5.41) is 4.20. The zero-order valence-corrected chi connectivity index (χ0v) is 13.8. The molecule has 1 heterocycles. The third kappa shape index (κ3) is 4.23. The Morgan fingerprint density at radius 2 is 2.00 bits per heavy atom. The van der Waals surface area contributed by atoms with Crippen molar-refractivity contribution in [1.29, 1.82) is 0 Å². The van der Waals surface area contributed by atoms with Crippen molar-refractivity contribution in [3.05, 3.63) is 46.4 Å². The second-order valence-electron chi connectivity index (χ2n) is 6.34. The number of pyridine rings is 1. The molecule has 24 heavy (non-hydrogen) atoms. The molecule has 1 aromatic heterocycles. The smallest absolute Gasteiger partial charge is 0.267 e. The quantitative estimate of drug-likeness (QED) is 0.801. The van der Waals surface area contributed by atoms with Crippen LogP contribution in [0.5, 0.6) is 0 Å². The van der Waals surface area contributed by atoms with Gasteiger partial charge in [-0.1, -0.05) is 37.5 Å². The van der Waals surface area contributed by atoms with Crippen molar-refractivity contribution in [2.45, 2.75) is 44.6 Å². The first-order valence-corrected chi connectivity index (χ1v) is 8.76. The van der Waals surface area contributed by atoms with E-state index in [-0.39, 0.29) is 11.5 Å². The molecule has 0 spiro atoms. The maximum atomic E-state index is 12.2. The molecule has 5 heteroatoms. The van der Waals surface area contributed by atoms with Crippen molar-refractivity contribution in [2.24, 2.45) is 0 Å². The highest BCUT2D eigenvalue weighted by Crippen LogP contribution is 2.20. The normalized spacial score (nSPS) is 15.5. The van der Waals surface area contributed by atoms with E-state index < -0.39 is 0 Å². The third-order valence-corrected chi connectivity index (χ3v) is 4.51. The largest absolute Gasteiger partial charge is 0.378 e. The van der Waals surface area contributed by atoms with Gasteiger partial charge in [-0.05, 0) is 36.8 Å². The highest BCUT2D eigenvalue weighted by Gasteiger charge is 2.13. The van der Waals surface area contributed by atoms with Gasteiger partial charge < -0.3 is 15.0 Å². The minimum absolute atomic E-state index is 0.237. The highest BCUT2D eigenvalue weighted by molar-refractivity contribution is 5.96. The number of fused-ring (bicyclic) bond motifs is 1. The lowest BCUT2D eigenvalue weighted by Gasteiger charge is -2.21. The minimum Gasteiger partial charge on any atom is -0.378 e. The summed E-state index contributed by atoms with van der Waals surface area (Å²) in [5.74, 6) is -0.254. The van der Waals surface area contributed by atoms with E-state index in [1.165, 1.54) is 19.3 Å². The number of nitrogens with one attached hydrogen (secondary N) is 2. The Bertz CT molecular complexity index is 748. The average molecular weight is 328 g/mol. The van der Waals surface area contributed by atoms with Crippen molar-refractivity contribution >= 4 is 16.7 Å². The number of amides is 1. The van der Waals surface area contributed by atoms with Gasteiger partial charge in [0.1, 0.15) is 5.69 Å². The van der Waals surface area contributed by atoms with Crippen LogP contribution >= 0.6 is 0 Å². The number of rotatable bonds is 6. The number of aromatic amines is 1. The van der Waals surface area contributed by atoms with Crippen LogP contribution in [0.2, 0.25) is 0 Å². The molecule has 0 radical (unpaired) electrons. The number of hydrogen-bond donors (Lipinski definition) is 2. The van der Waals surface area contributed by atoms with Crippen molar-refractivity contribution in [3.63, 3.8) is 0 Å². The Morgan fingerprint density at radius 3 is 2.83 bits per heavy atom. The van der Waals surface area contributed by atoms with Crippen LogP contribution in [0.3, 0.4) is 0 Å². The number of H-pyrrole nitrogens is 1. The number of benzene rings is 1. The molecule has 1 aliphatic carbocycles. The molecule has 1 fully saturated rings. The predicted molar refractivity (Wildman–Crippen MR) is 94.3 cm³/mol. The molecular weight excluding hydrogens is 304 g/mol. The van der Waals surface area contributed by atoms with E-state index in [9.17, 15) is 9.59 Å². The second-order valence-corrected chi connectivity index (χ2v) is 6.34. The number of hydrogen-bond acceptors (Lipinski definition) is 3. The van der Waals surface area contributed by atoms with Gasteiger partial charge in [0.2, 0.25) is 0 Å². The lowest BCUT2D eigenvalue weighted by atomic mass is 9.98. The first kappa shape index (κ1) is 16.7. The zero-order chi connectivity index (χ0) is 16.8. The summed E-state index contributed by atoms with van der Waals surface area (Å²) in [6, 6.07) is 8.96. The summed E-state index contributed by atoms with van der Waals surface area (Å²) >= 11 is 0. The maximum Gasteiger partial charge on any atom is 0.267 e. The van der Waals surface area contributed by atoms with Crippen molar-refractivity contribution in [2.75, 3.05) is 13.2 Å². The number of carbonyl (C=O) groups is 1. The lowest BCUT2D eigenvalue weighted by molar-refractivity contribution is 0.0273. The van der Waals surface area contributed by atoms with Crippen LogP contribution in [0, 0.1) is 0 Å². The van der Waals surface area contributed by atoms with Crippen molar-refractivity contribution < 1.29 is 9.53 Å². The third-order valence-electron chi connectivity index (χ3n) is 4.51. The van der Waals surface area contributed by atoms with Crippen molar-refractivity contribution in [1.82, 2.24) is 10.3 Å². The molecule has 0 aliphatic heterocycles. The topological polar surface area (TPSA) is 71.2 Å². The maximum absolute atomic E-state index is 12.2. The van der Waals surface area contributed by atoms with E-state index in [0.717, 1.165) is 24.6 Å². The van der Waals surface area contributed by atoms with E-state index in [2.05, 4.69) is 10.3 Å². The zero-order valence-electron chi connectivity index (χ0n) is 13.8. The molecule has 0 atom stereocenters. The molecule has 0 saturated heterocycles. The van der Waals surface area contributed by atoms with E-state index in [1.807, 2.05) is 18.2 Å². The molecule has 2 aromatic rings. The van der Waals surface area contributed by atoms with Gasteiger partial charge in [-0.2, -0.15) is 0 Å². The number of ether oxygens (including phenoxy) is 1. The van der Waals surface area contributed by atoms with Crippen LogP contribution in [-0.2, 0) is 4.74 Å². The van der Waals surface area contributed by atoms with Crippen LogP contribution in [-0.4, -0.2) is 30.1 Å². The first-order valence-electron chi connectivity index (χ1n) is 8.76. The highest BCUT2D eigenvalue weighted by atomic mass is 16.5. The van der Waals surface area contributed by atoms with Crippen molar-refractivity contribution in [3.8, 4) is 0 Å². The minimum atomic E-state index is -0.254. The molecule has 1 saturated carbocycles. The average Bonchev–Trinajstić information content (AvgIpc) is 2.62. The van der Waals surface area contributed by atoms with Crippen LogP contribution in [0.25, 0.3) is 10.8 Å². The molecule has 5 nitrogen and oxygen atoms in total. The van der Waals surface area contributed by atoms with Gasteiger partial charge in [-0.25, -0.2) is 0 Å². The molecule has 0 unspecified atom stereocenters. The fourth-order valence-corrected chi connectivity index (χ4v) is 3.18. The predicted octanol–water partition coefficient (Wildman–Crippen LogP) is 3.00. The summed E-state index contributed by atoms with van der Waals surface area (Å²) in [6.45, 7) is 1.21. The molecular formula is C19H24N2O3. The van der Waals surface area contributed by atoms with Gasteiger partial charge in [0, 0.05) is 18.5 Å². The van der Waals surface area contributed by atoms with E-state index in [4.69, 9.17) is 4.74 Å². The Kier molecular flexibility index (Phi) is 5.64. The molecule has 2 N–H and O–H groups in total. The molecule has 128 valence electrons. The Balaban J connectivity index is 1.47. The number of aromatic nitrogens is 1. The SMILES string of the molecule is O=C(NCCCOC1CCCCC1)c1cc2ccccc2c(=O)[nH]1. The number of carbonyl (C=O) groups excluding carboxylic acids is 1. The summed E-state index contributed by atoms with van der Waals surface area (Å²) in [7, 11) is 0. The Labute approximate surface area is 141 Å². The fraction of sp³-hybridized carbons (Fsp3) is 0.474. The molecule has 3 rings (SSSR count). The molecule has 0 bridgehead atoms. The monoisotopic (exact) mass is 328 g/mol. The van der Waals surface area contributed by atoms with Crippen LogP contribution < -0.4 is 10.9 Å². The van der Waals surface area contributed by atoms with Gasteiger partial charge in [-0.15, -0.1) is 0 Å². The second kappa shape index (κ2) is 8.11. The Morgan fingerprint density at radius 1 is 1.21 bits per heavy atom. The summed E-state index contributed by atoms with van der Waals surface area (Å²) in [5.41, 5.74) is 0.0609. The van der Waals surface area contributed by atoms with E-state index >= 15 is 0 Å². The molecule has 1 aliphatic rings. The van der Waals surface area contributed by atoms with E-state index in [0.29, 0.717) is 30.3 Å². The van der Waals surface area contributed by atoms with Gasteiger partial charge >= 0.3 is 0 Å². The molecule has 1 amide bonds. The van der Waals surface area contributed by atoms with Crippen LogP contribution in [0.15, 0.2) is 35.1 Å². The first-order chi connectivity index (χ1) is 11.7. The van der Waals surface area contributed by atoms with Gasteiger partial charge in [0.05, 0.1) is 6.10 Å². The lowest BCUT2D eigenvalue weighted by Crippen LogP contribution is -2.28. The molecule has 1 aromatic carbocycles. The summed E-state index contributed by atoms with van der Waals surface area (Å²) < 4.78 is 5.84. The van der Waals surface area contributed by atoms with Crippen LogP contribution in [0.4, 0.5) is 0 Å². The summed E-state index contributed by atoms with van der Waals surface area (Å²) in [6.07, 6.45) is 7.33. The fourth-order valence-electron chi connectivity index (χ4n) is 3.18. The van der Waals surface area contributed by atoms with Gasteiger partial charge in [0.15, 0.2) is 0 Å². The summed E-state index contributed by atoms with van der Waals surface area (Å²) in [4.78, 5) is 26.8.